The molecule has 0 aliphatic carbocycles. The Balaban J connectivity index is 1.86. The number of aryl methyl sites for hydroxylation is 1. The zero-order valence-electron chi connectivity index (χ0n) is 17.7. The van der Waals surface area contributed by atoms with Crippen LogP contribution in [-0.4, -0.2) is 60.0 Å². The number of methoxy groups -OCH3 is 1. The van der Waals surface area contributed by atoms with E-state index >= 15 is 0 Å². The number of aliphatic hydroxyl groups excluding tert-OH is 1. The number of benzene rings is 2. The van der Waals surface area contributed by atoms with Gasteiger partial charge in [0.2, 0.25) is 0 Å². The molecule has 0 bridgehead atoms. The summed E-state index contributed by atoms with van der Waals surface area (Å²) >= 11 is 0. The second-order valence-electron chi connectivity index (χ2n) is 7.50. The third-order valence-corrected chi connectivity index (χ3v) is 7.30. The zero-order chi connectivity index (χ0) is 22.0. The fourth-order valence-corrected chi connectivity index (χ4v) is 5.60. The molecule has 0 atom stereocenters. The Morgan fingerprint density at radius 3 is 2.68 bits per heavy atom. The maximum absolute atomic E-state index is 13.7. The van der Waals surface area contributed by atoms with Crippen LogP contribution in [0, 0.1) is 6.92 Å². The van der Waals surface area contributed by atoms with Gasteiger partial charge in [-0.2, -0.15) is 0 Å². The Bertz CT molecular complexity index is 1170. The summed E-state index contributed by atoms with van der Waals surface area (Å²) in [5.74, 6) is 0.264. The predicted octanol–water partition coefficient (Wildman–Crippen LogP) is 2.35. The molecule has 1 saturated heterocycles. The summed E-state index contributed by atoms with van der Waals surface area (Å²) < 4.78 is 39.7. The summed E-state index contributed by atoms with van der Waals surface area (Å²) in [5, 5.41) is 13.8. The molecule has 8 nitrogen and oxygen atoms in total. The van der Waals surface area contributed by atoms with Gasteiger partial charge in [-0.05, 0) is 42.8 Å². The molecule has 0 saturated carbocycles. The number of fused-ring (bicyclic) bond motifs is 1. The van der Waals surface area contributed by atoms with Crippen LogP contribution in [0.25, 0.3) is 11.0 Å². The second-order valence-corrected chi connectivity index (χ2v) is 9.33. The van der Waals surface area contributed by atoms with Gasteiger partial charge in [-0.3, -0.25) is 4.31 Å². The lowest BCUT2D eigenvalue weighted by molar-refractivity contribution is 0.306. The van der Waals surface area contributed by atoms with Crippen molar-refractivity contribution >= 4 is 32.4 Å². The Morgan fingerprint density at radius 1 is 1.19 bits per heavy atom. The van der Waals surface area contributed by atoms with Gasteiger partial charge in [-0.25, -0.2) is 8.42 Å². The van der Waals surface area contributed by atoms with Crippen LogP contribution in [-0.2, 0) is 10.0 Å². The van der Waals surface area contributed by atoms with Crippen LogP contribution in [0.5, 0.6) is 5.75 Å². The maximum Gasteiger partial charge on any atom is 0.268 e. The first-order valence-corrected chi connectivity index (χ1v) is 11.6. The van der Waals surface area contributed by atoms with Crippen molar-refractivity contribution in [3.8, 4) is 5.75 Å². The van der Waals surface area contributed by atoms with Crippen molar-refractivity contribution in [1.82, 2.24) is 5.32 Å². The molecule has 0 unspecified atom stereocenters. The van der Waals surface area contributed by atoms with Gasteiger partial charge in [0.1, 0.15) is 10.6 Å². The number of hydrogen-bond acceptors (Lipinski definition) is 7. The van der Waals surface area contributed by atoms with Crippen molar-refractivity contribution in [3.05, 3.63) is 48.2 Å². The summed E-state index contributed by atoms with van der Waals surface area (Å²) in [5.41, 5.74) is 2.84. The minimum absolute atomic E-state index is 0.0689. The van der Waals surface area contributed by atoms with E-state index in [-0.39, 0.29) is 23.8 Å². The van der Waals surface area contributed by atoms with E-state index in [1.807, 2.05) is 19.1 Å². The van der Waals surface area contributed by atoms with Crippen LogP contribution in [0.1, 0.15) is 5.56 Å². The van der Waals surface area contributed by atoms with Crippen molar-refractivity contribution < 1.29 is 22.7 Å². The van der Waals surface area contributed by atoms with Crippen LogP contribution in [0.4, 0.5) is 11.4 Å². The van der Waals surface area contributed by atoms with Crippen LogP contribution < -0.4 is 19.3 Å². The number of nitrogens with zero attached hydrogens (tertiary/aromatic N) is 2. The van der Waals surface area contributed by atoms with Crippen molar-refractivity contribution in [3.63, 3.8) is 0 Å². The molecule has 166 valence electrons. The molecule has 9 heteroatoms. The number of ether oxygens (including phenoxy) is 1. The highest BCUT2D eigenvalue weighted by atomic mass is 32.2. The molecule has 4 rings (SSSR count). The number of furan rings is 1. The molecule has 1 fully saturated rings. The molecular formula is C22H27N3O5S. The van der Waals surface area contributed by atoms with E-state index in [1.54, 1.807) is 30.5 Å². The average molecular weight is 446 g/mol. The topological polar surface area (TPSA) is 95.2 Å². The van der Waals surface area contributed by atoms with Crippen LogP contribution in [0.3, 0.4) is 0 Å². The van der Waals surface area contributed by atoms with Gasteiger partial charge in [0.25, 0.3) is 10.0 Å². The molecule has 2 heterocycles. The van der Waals surface area contributed by atoms with Gasteiger partial charge in [0.05, 0.1) is 37.9 Å². The van der Waals surface area contributed by atoms with E-state index in [0.29, 0.717) is 5.69 Å². The fraction of sp³-hybridized carbons (Fsp3) is 0.364. The third kappa shape index (κ3) is 4.08. The molecule has 1 aromatic heterocycles. The molecule has 31 heavy (non-hydrogen) atoms. The summed E-state index contributed by atoms with van der Waals surface area (Å²) in [7, 11) is -2.55. The fourth-order valence-electron chi connectivity index (χ4n) is 3.92. The standard InChI is InChI=1S/C22H27N3O5S/c1-16-3-4-20(29-2)21(13-16)31(27,28)25(10-11-26)18-14-17-5-12-30-22(17)19(15-18)24-8-6-23-7-9-24/h3-5,12-15,23,26H,6-11H2,1-2H3. The third-order valence-electron chi connectivity index (χ3n) is 5.45. The highest BCUT2D eigenvalue weighted by molar-refractivity contribution is 7.93. The average Bonchev–Trinajstić information content (AvgIpc) is 3.26. The molecule has 1 aliphatic rings. The maximum atomic E-state index is 13.7. The molecule has 3 aromatic rings. The van der Waals surface area contributed by atoms with E-state index in [0.717, 1.165) is 48.4 Å². The number of hydrogen-bond donors (Lipinski definition) is 2. The smallest absolute Gasteiger partial charge is 0.268 e. The van der Waals surface area contributed by atoms with Gasteiger partial charge in [0, 0.05) is 31.6 Å². The highest BCUT2D eigenvalue weighted by Crippen LogP contribution is 2.37. The van der Waals surface area contributed by atoms with E-state index in [9.17, 15) is 13.5 Å². The number of anilines is 2. The lowest BCUT2D eigenvalue weighted by Gasteiger charge is -2.31. The number of aliphatic hydroxyl groups is 1. The van der Waals surface area contributed by atoms with E-state index in [1.165, 1.54) is 11.4 Å². The van der Waals surface area contributed by atoms with E-state index in [4.69, 9.17) is 9.15 Å². The molecule has 1 aliphatic heterocycles. The first-order chi connectivity index (χ1) is 15.0. The monoisotopic (exact) mass is 445 g/mol. The quantitative estimate of drug-likeness (QED) is 0.576. The van der Waals surface area contributed by atoms with Gasteiger partial charge in [-0.15, -0.1) is 0 Å². The Hall–Kier alpha value is -2.75. The minimum atomic E-state index is -3.99. The van der Waals surface area contributed by atoms with Gasteiger partial charge >= 0.3 is 0 Å². The molecule has 0 amide bonds. The summed E-state index contributed by atoms with van der Waals surface area (Å²) in [4.78, 5) is 2.25. The molecule has 0 radical (unpaired) electrons. The predicted molar refractivity (Wildman–Crippen MR) is 121 cm³/mol. The summed E-state index contributed by atoms with van der Waals surface area (Å²) in [6.07, 6.45) is 1.61. The largest absolute Gasteiger partial charge is 0.495 e. The number of rotatable bonds is 7. The molecule has 2 N–H and O–H groups in total. The van der Waals surface area contributed by atoms with E-state index in [2.05, 4.69) is 10.2 Å². The van der Waals surface area contributed by atoms with Crippen molar-refractivity contribution in [2.45, 2.75) is 11.8 Å². The summed E-state index contributed by atoms with van der Waals surface area (Å²) in [6.45, 7) is 4.69. The lowest BCUT2D eigenvalue weighted by atomic mass is 10.1. The van der Waals surface area contributed by atoms with Crippen molar-refractivity contribution in [2.75, 3.05) is 55.6 Å². The van der Waals surface area contributed by atoms with Crippen LogP contribution in [0.2, 0.25) is 0 Å². The molecule has 2 aromatic carbocycles. The van der Waals surface area contributed by atoms with Crippen LogP contribution in [0.15, 0.2) is 52.0 Å². The molecular weight excluding hydrogens is 418 g/mol. The number of sulfonamides is 1. The van der Waals surface area contributed by atoms with Crippen molar-refractivity contribution in [1.29, 1.82) is 0 Å². The second kappa shape index (κ2) is 8.78. The van der Waals surface area contributed by atoms with Gasteiger partial charge < -0.3 is 24.5 Å². The first-order valence-electron chi connectivity index (χ1n) is 10.2. The van der Waals surface area contributed by atoms with Gasteiger partial charge in [0.15, 0.2) is 5.58 Å². The van der Waals surface area contributed by atoms with Crippen molar-refractivity contribution in [2.24, 2.45) is 0 Å². The molecule has 0 spiro atoms. The highest BCUT2D eigenvalue weighted by Gasteiger charge is 2.29. The van der Waals surface area contributed by atoms with Crippen LogP contribution >= 0.6 is 0 Å². The van der Waals surface area contributed by atoms with Gasteiger partial charge in [-0.1, -0.05) is 6.07 Å². The minimum Gasteiger partial charge on any atom is -0.495 e. The Labute approximate surface area is 182 Å². The Morgan fingerprint density at radius 2 is 1.97 bits per heavy atom. The number of piperazine rings is 1. The van der Waals surface area contributed by atoms with E-state index < -0.39 is 10.0 Å². The zero-order valence-corrected chi connectivity index (χ0v) is 18.5. The Kier molecular flexibility index (Phi) is 6.08. The number of nitrogens with one attached hydrogen (secondary N) is 1. The summed E-state index contributed by atoms with van der Waals surface area (Å²) in [6, 6.07) is 10.5. The lowest BCUT2D eigenvalue weighted by Crippen LogP contribution is -2.43. The first kappa shape index (κ1) is 21.5. The SMILES string of the molecule is COc1ccc(C)cc1S(=O)(=O)N(CCO)c1cc(N2CCNCC2)c2occc2c1. The normalized spacial score (nSPS) is 14.7.